The molecule has 0 saturated carbocycles. The second-order valence-electron chi connectivity index (χ2n) is 6.22. The molecule has 22 heavy (non-hydrogen) atoms. The molecule has 2 N–H and O–H groups in total. The van der Waals surface area contributed by atoms with Gasteiger partial charge in [0.15, 0.2) is 0 Å². The lowest BCUT2D eigenvalue weighted by Gasteiger charge is -2.24. The zero-order valence-electron chi connectivity index (χ0n) is 13.2. The lowest BCUT2D eigenvalue weighted by molar-refractivity contribution is -0.141. The van der Waals surface area contributed by atoms with Gasteiger partial charge in [-0.05, 0) is 17.9 Å². The number of hydrogen-bond donors (Lipinski definition) is 2. The molecule has 2 unspecified atom stereocenters. The molecule has 1 aromatic carbocycles. The number of urea groups is 1. The van der Waals surface area contributed by atoms with E-state index in [1.807, 2.05) is 18.2 Å². The Morgan fingerprint density at radius 2 is 2.00 bits per heavy atom. The summed E-state index contributed by atoms with van der Waals surface area (Å²) in [6.07, 6.45) is 0.537. The van der Waals surface area contributed by atoms with Crippen LogP contribution >= 0.6 is 0 Å². The van der Waals surface area contributed by atoms with Gasteiger partial charge >= 0.3 is 12.0 Å². The van der Waals surface area contributed by atoms with Crippen molar-refractivity contribution in [2.75, 3.05) is 19.6 Å². The minimum Gasteiger partial charge on any atom is -0.481 e. The molecular weight excluding hydrogens is 280 g/mol. The number of carbonyl (C=O) groups excluding carboxylic acids is 1. The molecular formula is C17H24N2O3. The lowest BCUT2D eigenvalue weighted by Crippen LogP contribution is -2.41. The summed E-state index contributed by atoms with van der Waals surface area (Å²) in [5, 5.41) is 12.0. The number of amides is 2. The van der Waals surface area contributed by atoms with Gasteiger partial charge in [0, 0.05) is 25.6 Å². The molecule has 5 heteroatoms. The van der Waals surface area contributed by atoms with Crippen LogP contribution in [-0.2, 0) is 4.79 Å². The Labute approximate surface area is 131 Å². The van der Waals surface area contributed by atoms with Crippen molar-refractivity contribution in [1.82, 2.24) is 10.2 Å². The first-order chi connectivity index (χ1) is 10.5. The standard InChI is InChI=1S/C17H24N2O3/c1-12(2)15(13-6-4-3-5-7-13)10-18-17(22)19-9-8-14(11-19)16(20)21/h3-7,12,14-15H,8-11H2,1-2H3,(H,18,22)(H,20,21). The quantitative estimate of drug-likeness (QED) is 0.878. The number of hydrogen-bond acceptors (Lipinski definition) is 2. The Balaban J connectivity index is 1.90. The Bertz CT molecular complexity index is 516. The van der Waals surface area contributed by atoms with E-state index in [9.17, 15) is 9.59 Å². The molecule has 0 aliphatic carbocycles. The summed E-state index contributed by atoms with van der Waals surface area (Å²) in [6.45, 7) is 5.66. The van der Waals surface area contributed by atoms with Gasteiger partial charge < -0.3 is 15.3 Å². The zero-order chi connectivity index (χ0) is 16.1. The van der Waals surface area contributed by atoms with Crippen molar-refractivity contribution in [3.63, 3.8) is 0 Å². The van der Waals surface area contributed by atoms with Crippen molar-refractivity contribution in [3.8, 4) is 0 Å². The van der Waals surface area contributed by atoms with Gasteiger partial charge in [-0.3, -0.25) is 4.79 Å². The van der Waals surface area contributed by atoms with Gasteiger partial charge in [0.2, 0.25) is 0 Å². The van der Waals surface area contributed by atoms with E-state index < -0.39 is 11.9 Å². The van der Waals surface area contributed by atoms with Crippen molar-refractivity contribution in [1.29, 1.82) is 0 Å². The van der Waals surface area contributed by atoms with Gasteiger partial charge in [-0.15, -0.1) is 0 Å². The maximum Gasteiger partial charge on any atom is 0.317 e. The zero-order valence-corrected chi connectivity index (χ0v) is 13.2. The van der Waals surface area contributed by atoms with Gasteiger partial charge in [0.05, 0.1) is 5.92 Å². The molecule has 0 bridgehead atoms. The average Bonchev–Trinajstić information content (AvgIpc) is 2.98. The first kappa shape index (κ1) is 16.3. The molecule has 5 nitrogen and oxygen atoms in total. The highest BCUT2D eigenvalue weighted by atomic mass is 16.4. The second-order valence-corrected chi connectivity index (χ2v) is 6.22. The van der Waals surface area contributed by atoms with Crippen molar-refractivity contribution in [3.05, 3.63) is 35.9 Å². The molecule has 1 aromatic rings. The number of carbonyl (C=O) groups is 2. The normalized spacial score (nSPS) is 19.2. The highest BCUT2D eigenvalue weighted by Crippen LogP contribution is 2.23. The first-order valence-corrected chi connectivity index (χ1v) is 7.79. The molecule has 1 aliphatic rings. The number of carboxylic acids is 1. The number of rotatable bonds is 5. The Kier molecular flexibility index (Phi) is 5.41. The average molecular weight is 304 g/mol. The van der Waals surface area contributed by atoms with Crippen LogP contribution in [0.15, 0.2) is 30.3 Å². The fourth-order valence-electron chi connectivity index (χ4n) is 2.89. The van der Waals surface area contributed by atoms with E-state index >= 15 is 0 Å². The summed E-state index contributed by atoms with van der Waals surface area (Å²) in [5.41, 5.74) is 1.21. The number of carboxylic acid groups (broad SMARTS) is 1. The van der Waals surface area contributed by atoms with Gasteiger partial charge in [0.1, 0.15) is 0 Å². The van der Waals surface area contributed by atoms with Gasteiger partial charge in [-0.1, -0.05) is 44.2 Å². The van der Waals surface area contributed by atoms with Crippen LogP contribution in [0.25, 0.3) is 0 Å². The highest BCUT2D eigenvalue weighted by Gasteiger charge is 2.31. The third-order valence-electron chi connectivity index (χ3n) is 4.33. The van der Waals surface area contributed by atoms with Gasteiger partial charge in [-0.2, -0.15) is 0 Å². The summed E-state index contributed by atoms with van der Waals surface area (Å²) in [5.74, 6) is -0.587. The van der Waals surface area contributed by atoms with Crippen molar-refractivity contribution >= 4 is 12.0 Å². The smallest absolute Gasteiger partial charge is 0.317 e. The van der Waals surface area contributed by atoms with Crippen LogP contribution in [0.3, 0.4) is 0 Å². The first-order valence-electron chi connectivity index (χ1n) is 7.79. The van der Waals surface area contributed by atoms with Crippen LogP contribution < -0.4 is 5.32 Å². The minimum absolute atomic E-state index is 0.162. The highest BCUT2D eigenvalue weighted by molar-refractivity contribution is 5.77. The Hall–Kier alpha value is -2.04. The molecule has 1 aliphatic heterocycles. The molecule has 0 radical (unpaired) electrons. The summed E-state index contributed by atoms with van der Waals surface area (Å²) in [7, 11) is 0. The predicted molar refractivity (Wildman–Crippen MR) is 84.7 cm³/mol. The number of benzene rings is 1. The van der Waals surface area contributed by atoms with E-state index in [2.05, 4.69) is 31.3 Å². The van der Waals surface area contributed by atoms with Crippen molar-refractivity contribution in [2.45, 2.75) is 26.2 Å². The summed E-state index contributed by atoms with van der Waals surface area (Å²) in [6, 6.07) is 9.98. The predicted octanol–water partition coefficient (Wildman–Crippen LogP) is 2.54. The van der Waals surface area contributed by atoms with Crippen LogP contribution in [0.4, 0.5) is 4.79 Å². The number of aliphatic carboxylic acids is 1. The van der Waals surface area contributed by atoms with E-state index in [4.69, 9.17) is 5.11 Å². The third kappa shape index (κ3) is 4.00. The van der Waals surface area contributed by atoms with Crippen LogP contribution in [0.5, 0.6) is 0 Å². The van der Waals surface area contributed by atoms with Crippen LogP contribution in [0.2, 0.25) is 0 Å². The maximum absolute atomic E-state index is 12.2. The van der Waals surface area contributed by atoms with Crippen LogP contribution in [-0.4, -0.2) is 41.6 Å². The van der Waals surface area contributed by atoms with Crippen LogP contribution in [0.1, 0.15) is 31.7 Å². The Morgan fingerprint density at radius 3 is 2.55 bits per heavy atom. The number of nitrogens with zero attached hydrogens (tertiary/aromatic N) is 1. The molecule has 2 atom stereocenters. The van der Waals surface area contributed by atoms with E-state index in [-0.39, 0.29) is 11.9 Å². The van der Waals surface area contributed by atoms with Crippen molar-refractivity contribution in [2.24, 2.45) is 11.8 Å². The fourth-order valence-corrected chi connectivity index (χ4v) is 2.89. The monoisotopic (exact) mass is 304 g/mol. The maximum atomic E-state index is 12.2. The molecule has 1 saturated heterocycles. The third-order valence-corrected chi connectivity index (χ3v) is 4.33. The minimum atomic E-state index is -0.820. The largest absolute Gasteiger partial charge is 0.481 e. The van der Waals surface area contributed by atoms with E-state index in [0.717, 1.165) is 0 Å². The summed E-state index contributed by atoms with van der Waals surface area (Å²) < 4.78 is 0. The number of nitrogens with one attached hydrogen (secondary N) is 1. The summed E-state index contributed by atoms with van der Waals surface area (Å²) >= 11 is 0. The molecule has 2 rings (SSSR count). The SMILES string of the molecule is CC(C)C(CNC(=O)N1CCC(C(=O)O)C1)c1ccccc1. The summed E-state index contributed by atoms with van der Waals surface area (Å²) in [4.78, 5) is 24.7. The molecule has 0 aromatic heterocycles. The second kappa shape index (κ2) is 7.29. The van der Waals surface area contributed by atoms with E-state index in [1.54, 1.807) is 4.90 Å². The van der Waals surface area contributed by atoms with Gasteiger partial charge in [-0.25, -0.2) is 4.79 Å². The number of likely N-dealkylation sites (tertiary alicyclic amines) is 1. The fraction of sp³-hybridized carbons (Fsp3) is 0.529. The molecule has 120 valence electrons. The lowest BCUT2D eigenvalue weighted by atomic mass is 9.88. The van der Waals surface area contributed by atoms with Crippen LogP contribution in [0, 0.1) is 11.8 Å². The topological polar surface area (TPSA) is 69.6 Å². The molecule has 2 amide bonds. The van der Waals surface area contributed by atoms with Crippen molar-refractivity contribution < 1.29 is 14.7 Å². The van der Waals surface area contributed by atoms with E-state index in [1.165, 1.54) is 5.56 Å². The molecule has 1 heterocycles. The van der Waals surface area contributed by atoms with E-state index in [0.29, 0.717) is 32.0 Å². The molecule has 0 spiro atoms. The Morgan fingerprint density at radius 1 is 1.32 bits per heavy atom. The molecule has 1 fully saturated rings. The van der Waals surface area contributed by atoms with Gasteiger partial charge in [0.25, 0.3) is 0 Å².